The summed E-state index contributed by atoms with van der Waals surface area (Å²) < 4.78 is 11.2. The Morgan fingerprint density at radius 3 is 2.73 bits per heavy atom. The molecule has 0 bridgehead atoms. The van der Waals surface area contributed by atoms with Crippen molar-refractivity contribution < 1.29 is 29.3 Å². The van der Waals surface area contributed by atoms with Crippen LogP contribution in [0.25, 0.3) is 0 Å². The van der Waals surface area contributed by atoms with Gasteiger partial charge in [0.2, 0.25) is 0 Å². The average molecular weight is 364 g/mol. The fraction of sp³-hybridized carbons (Fsp3) is 0.600. The first-order chi connectivity index (χ1) is 12.3. The second-order valence-electron chi connectivity index (χ2n) is 6.98. The summed E-state index contributed by atoms with van der Waals surface area (Å²) in [6.45, 7) is 9.11. The summed E-state index contributed by atoms with van der Waals surface area (Å²) in [5, 5.41) is 19.0. The maximum Gasteiger partial charge on any atom is 0.334 e. The van der Waals surface area contributed by atoms with Crippen molar-refractivity contribution in [2.75, 3.05) is 13.2 Å². The second-order valence-corrected chi connectivity index (χ2v) is 6.98. The first-order valence-electron chi connectivity index (χ1n) is 9.02. The Hall–Kier alpha value is -1.92. The largest absolute Gasteiger partial charge is 0.458 e. The van der Waals surface area contributed by atoms with Gasteiger partial charge in [-0.2, -0.15) is 0 Å². The van der Waals surface area contributed by atoms with Crippen molar-refractivity contribution in [3.05, 3.63) is 34.9 Å². The van der Waals surface area contributed by atoms with Crippen LogP contribution in [0.1, 0.15) is 40.0 Å². The summed E-state index contributed by atoms with van der Waals surface area (Å²) in [5.41, 5.74) is 2.32. The summed E-state index contributed by atoms with van der Waals surface area (Å²) in [5.74, 6) is -1.41. The van der Waals surface area contributed by atoms with Crippen LogP contribution in [0, 0.1) is 11.8 Å². The van der Waals surface area contributed by atoms with Gasteiger partial charge in [-0.25, -0.2) is 9.59 Å². The maximum atomic E-state index is 12.4. The van der Waals surface area contributed by atoms with Gasteiger partial charge >= 0.3 is 11.9 Å². The number of fused-ring (bicyclic) bond motifs is 1. The van der Waals surface area contributed by atoms with E-state index in [-0.39, 0.29) is 19.1 Å². The molecule has 2 rings (SSSR count). The van der Waals surface area contributed by atoms with Crippen LogP contribution in [-0.4, -0.2) is 47.6 Å². The number of esters is 2. The number of carbonyl (C=O) groups is 2. The molecule has 1 aliphatic carbocycles. The van der Waals surface area contributed by atoms with Crippen LogP contribution in [0.4, 0.5) is 0 Å². The van der Waals surface area contributed by atoms with Gasteiger partial charge in [0.15, 0.2) is 0 Å². The Morgan fingerprint density at radius 2 is 2.15 bits per heavy atom. The van der Waals surface area contributed by atoms with Gasteiger partial charge in [0.1, 0.15) is 12.2 Å². The van der Waals surface area contributed by atoms with Crippen molar-refractivity contribution in [1.82, 2.24) is 0 Å². The number of aliphatic hydroxyl groups excluding tert-OH is 2. The predicted molar refractivity (Wildman–Crippen MR) is 96.0 cm³/mol. The third kappa shape index (κ3) is 3.91. The van der Waals surface area contributed by atoms with Crippen molar-refractivity contribution in [2.24, 2.45) is 11.8 Å². The van der Waals surface area contributed by atoms with Gasteiger partial charge < -0.3 is 19.7 Å². The molecule has 1 aliphatic heterocycles. The molecule has 1 saturated heterocycles. The Kier molecular flexibility index (Phi) is 6.78. The highest BCUT2D eigenvalue weighted by Gasteiger charge is 2.50. The molecule has 0 amide bonds. The smallest absolute Gasteiger partial charge is 0.334 e. The summed E-state index contributed by atoms with van der Waals surface area (Å²) in [4.78, 5) is 24.4. The molecule has 0 spiro atoms. The fourth-order valence-electron chi connectivity index (χ4n) is 3.75. The van der Waals surface area contributed by atoms with E-state index in [9.17, 15) is 14.7 Å². The number of ether oxygens (including phenoxy) is 2. The predicted octanol–water partition coefficient (Wildman–Crippen LogP) is 2.06. The van der Waals surface area contributed by atoms with Gasteiger partial charge in [0, 0.05) is 24.2 Å². The number of aliphatic hydroxyl groups is 2. The van der Waals surface area contributed by atoms with E-state index in [0.717, 1.165) is 11.1 Å². The molecule has 2 aliphatic rings. The van der Waals surface area contributed by atoms with E-state index >= 15 is 0 Å². The van der Waals surface area contributed by atoms with Crippen LogP contribution >= 0.6 is 0 Å². The van der Waals surface area contributed by atoms with Crippen LogP contribution in [0.2, 0.25) is 0 Å². The Labute approximate surface area is 154 Å². The zero-order valence-electron chi connectivity index (χ0n) is 15.7. The van der Waals surface area contributed by atoms with E-state index < -0.39 is 30.1 Å². The van der Waals surface area contributed by atoms with E-state index in [1.807, 2.05) is 6.92 Å². The van der Waals surface area contributed by atoms with Crippen LogP contribution in [-0.2, 0) is 19.1 Å². The number of hydrogen-bond donors (Lipinski definition) is 2. The van der Waals surface area contributed by atoms with E-state index in [0.29, 0.717) is 30.4 Å². The number of carbonyl (C=O) groups excluding carboxylic acids is 2. The summed E-state index contributed by atoms with van der Waals surface area (Å²) in [6, 6.07) is 0. The lowest BCUT2D eigenvalue weighted by molar-refractivity contribution is -0.147. The van der Waals surface area contributed by atoms with Crippen molar-refractivity contribution in [1.29, 1.82) is 0 Å². The number of hydrogen-bond acceptors (Lipinski definition) is 6. The lowest BCUT2D eigenvalue weighted by Crippen LogP contribution is -2.41. The van der Waals surface area contributed by atoms with E-state index in [1.54, 1.807) is 19.9 Å². The first-order valence-corrected chi connectivity index (χ1v) is 9.02. The van der Waals surface area contributed by atoms with Gasteiger partial charge in [-0.1, -0.05) is 19.6 Å². The summed E-state index contributed by atoms with van der Waals surface area (Å²) in [7, 11) is 0. The van der Waals surface area contributed by atoms with Crippen LogP contribution in [0.15, 0.2) is 34.9 Å². The quantitative estimate of drug-likeness (QED) is 0.408. The fourth-order valence-corrected chi connectivity index (χ4v) is 3.75. The third-order valence-corrected chi connectivity index (χ3v) is 5.32. The summed E-state index contributed by atoms with van der Waals surface area (Å²) >= 11 is 0. The molecule has 4 atom stereocenters. The zero-order chi connectivity index (χ0) is 19.4. The van der Waals surface area contributed by atoms with E-state index in [4.69, 9.17) is 14.6 Å². The molecular formula is C20H28O6. The lowest BCUT2D eigenvalue weighted by atomic mass is 9.73. The van der Waals surface area contributed by atoms with Gasteiger partial charge in [0.05, 0.1) is 12.5 Å². The molecule has 6 heteroatoms. The number of allylic oxidation sites excluding steroid dienone is 1. The molecule has 0 unspecified atom stereocenters. The SMILES string of the molecule is C=C1C(=O)O[C@@H]2CC(CO)=C([C@@H](C)CCCO)[C@@H](OC(=O)/C(C)=C\C)[C@H]12. The number of rotatable bonds is 7. The molecule has 6 nitrogen and oxygen atoms in total. The molecule has 0 aromatic rings. The van der Waals surface area contributed by atoms with E-state index in [1.165, 1.54) is 0 Å². The van der Waals surface area contributed by atoms with Gasteiger partial charge in [-0.05, 0) is 43.8 Å². The van der Waals surface area contributed by atoms with Crippen LogP contribution in [0.3, 0.4) is 0 Å². The molecule has 1 fully saturated rings. The summed E-state index contributed by atoms with van der Waals surface area (Å²) in [6.07, 6.45) is 2.17. The topological polar surface area (TPSA) is 93.1 Å². The Morgan fingerprint density at radius 1 is 1.46 bits per heavy atom. The van der Waals surface area contributed by atoms with E-state index in [2.05, 4.69) is 6.58 Å². The van der Waals surface area contributed by atoms with Crippen molar-refractivity contribution in [3.63, 3.8) is 0 Å². The van der Waals surface area contributed by atoms with Crippen molar-refractivity contribution in [3.8, 4) is 0 Å². The standard InChI is InChI=1S/C20H28O6/c1-5-11(2)19(23)26-18-16(12(3)7-6-8-21)14(10-22)9-15-17(18)13(4)20(24)25-15/h5,12,15,17-18,21-22H,4,6-10H2,1-3H3/b11-5-/t12-,15+,17+,18+/m0/s1. The lowest BCUT2D eigenvalue weighted by Gasteiger charge is -2.38. The molecule has 0 radical (unpaired) electrons. The Bertz CT molecular complexity index is 645. The molecule has 1 heterocycles. The molecule has 0 saturated carbocycles. The van der Waals surface area contributed by atoms with Crippen LogP contribution < -0.4 is 0 Å². The average Bonchev–Trinajstić information content (AvgIpc) is 2.92. The molecular weight excluding hydrogens is 336 g/mol. The minimum Gasteiger partial charge on any atom is -0.458 e. The maximum absolute atomic E-state index is 12.4. The highest BCUT2D eigenvalue weighted by atomic mass is 16.6. The molecule has 0 aromatic heterocycles. The molecule has 144 valence electrons. The zero-order valence-corrected chi connectivity index (χ0v) is 15.7. The second kappa shape index (κ2) is 8.64. The van der Waals surface area contributed by atoms with Gasteiger partial charge in [-0.15, -0.1) is 0 Å². The highest BCUT2D eigenvalue weighted by molar-refractivity contribution is 5.92. The minimum atomic E-state index is -0.703. The molecule has 0 aromatic carbocycles. The Balaban J connectivity index is 2.45. The van der Waals surface area contributed by atoms with Gasteiger partial charge in [0.25, 0.3) is 0 Å². The molecule has 2 N–H and O–H groups in total. The van der Waals surface area contributed by atoms with Crippen molar-refractivity contribution >= 4 is 11.9 Å². The normalized spacial score (nSPS) is 27.3. The highest BCUT2D eigenvalue weighted by Crippen LogP contribution is 2.45. The monoisotopic (exact) mass is 364 g/mol. The van der Waals surface area contributed by atoms with Crippen LogP contribution in [0.5, 0.6) is 0 Å². The minimum absolute atomic E-state index is 0.0162. The van der Waals surface area contributed by atoms with Gasteiger partial charge in [-0.3, -0.25) is 0 Å². The third-order valence-electron chi connectivity index (χ3n) is 5.32. The van der Waals surface area contributed by atoms with Crippen molar-refractivity contribution in [2.45, 2.75) is 52.2 Å². The molecule has 26 heavy (non-hydrogen) atoms. The first kappa shape index (κ1) is 20.4.